The molecule has 1 aromatic rings. The zero-order valence-corrected chi connectivity index (χ0v) is 10.5. The summed E-state index contributed by atoms with van der Waals surface area (Å²) in [5.41, 5.74) is 1.10. The molecule has 0 spiro atoms. The van der Waals surface area contributed by atoms with Gasteiger partial charge in [-0.1, -0.05) is 28.6 Å². The summed E-state index contributed by atoms with van der Waals surface area (Å²) in [6, 6.07) is 3.98. The van der Waals surface area contributed by atoms with Gasteiger partial charge in [-0.15, -0.1) is 0 Å². The monoisotopic (exact) mass is 304 g/mol. The van der Waals surface area contributed by atoms with Crippen LogP contribution in [-0.2, 0) is 0 Å². The Balaban J connectivity index is 2.98. The van der Waals surface area contributed by atoms with Crippen molar-refractivity contribution in [3.8, 4) is 5.75 Å². The van der Waals surface area contributed by atoms with E-state index in [4.69, 9.17) is 4.74 Å². The van der Waals surface area contributed by atoms with Gasteiger partial charge in [0.25, 0.3) is 0 Å². The minimum atomic E-state index is 0.529. The minimum Gasteiger partial charge on any atom is -0.488 e. The van der Waals surface area contributed by atoms with Crippen LogP contribution in [-0.4, -0.2) is 6.61 Å². The number of aryl methyl sites for hydroxylation is 1. The van der Waals surface area contributed by atoms with Crippen LogP contribution < -0.4 is 4.74 Å². The predicted octanol–water partition coefficient (Wildman–Crippen LogP) is 4.08. The Morgan fingerprint density at radius 1 is 1.46 bits per heavy atom. The predicted molar refractivity (Wildman–Crippen MR) is 62.3 cm³/mol. The molecule has 1 nitrogen and oxygen atoms in total. The molecule has 0 aliphatic carbocycles. The Kier molecular flexibility index (Phi) is 4.00. The maximum Gasteiger partial charge on any atom is 0.136 e. The summed E-state index contributed by atoms with van der Waals surface area (Å²) in [5.74, 6) is 0.878. The molecule has 0 saturated carbocycles. The van der Waals surface area contributed by atoms with Crippen molar-refractivity contribution >= 4 is 31.9 Å². The van der Waals surface area contributed by atoms with Crippen LogP contribution in [0.15, 0.2) is 33.7 Å². The normalized spacial score (nSPS) is 9.77. The second-order valence-electron chi connectivity index (χ2n) is 2.63. The molecule has 0 N–H and O–H groups in total. The largest absolute Gasteiger partial charge is 0.488 e. The van der Waals surface area contributed by atoms with Crippen molar-refractivity contribution < 1.29 is 4.74 Å². The quantitative estimate of drug-likeness (QED) is 0.765. The second kappa shape index (κ2) is 4.82. The minimum absolute atomic E-state index is 0.529. The molecule has 0 amide bonds. The number of benzene rings is 1. The number of hydrogen-bond acceptors (Lipinski definition) is 1. The number of hydrogen-bond donors (Lipinski definition) is 0. The van der Waals surface area contributed by atoms with E-state index in [-0.39, 0.29) is 0 Å². The van der Waals surface area contributed by atoms with Crippen molar-refractivity contribution in [3.05, 3.63) is 39.3 Å². The van der Waals surface area contributed by atoms with Crippen LogP contribution in [0.4, 0.5) is 0 Å². The van der Waals surface area contributed by atoms with Gasteiger partial charge in [-0.2, -0.15) is 0 Å². The van der Waals surface area contributed by atoms with Gasteiger partial charge in [0.05, 0.1) is 4.47 Å². The standard InChI is InChI=1S/C10H10Br2O/c1-3-4-13-10-7(2)5-8(11)6-9(10)12/h3,5-6H,1,4H2,2H3. The van der Waals surface area contributed by atoms with Gasteiger partial charge in [-0.3, -0.25) is 0 Å². The van der Waals surface area contributed by atoms with E-state index in [9.17, 15) is 0 Å². The van der Waals surface area contributed by atoms with Gasteiger partial charge in [-0.05, 0) is 40.5 Å². The van der Waals surface area contributed by atoms with Gasteiger partial charge in [0.15, 0.2) is 0 Å². The summed E-state index contributed by atoms with van der Waals surface area (Å²) in [6.45, 7) is 6.14. The van der Waals surface area contributed by atoms with E-state index in [0.717, 1.165) is 20.3 Å². The fourth-order valence-electron chi connectivity index (χ4n) is 1.01. The topological polar surface area (TPSA) is 9.23 Å². The van der Waals surface area contributed by atoms with E-state index in [2.05, 4.69) is 38.4 Å². The van der Waals surface area contributed by atoms with E-state index < -0.39 is 0 Å². The van der Waals surface area contributed by atoms with Gasteiger partial charge in [0.1, 0.15) is 12.4 Å². The Morgan fingerprint density at radius 2 is 2.15 bits per heavy atom. The highest BCUT2D eigenvalue weighted by molar-refractivity contribution is 9.11. The van der Waals surface area contributed by atoms with E-state index in [1.807, 2.05) is 19.1 Å². The highest BCUT2D eigenvalue weighted by Gasteiger charge is 2.05. The summed E-state index contributed by atoms with van der Waals surface area (Å²) < 4.78 is 7.49. The smallest absolute Gasteiger partial charge is 0.136 e. The highest BCUT2D eigenvalue weighted by Crippen LogP contribution is 2.32. The van der Waals surface area contributed by atoms with Crippen molar-refractivity contribution in [2.24, 2.45) is 0 Å². The number of rotatable bonds is 3. The molecule has 0 aliphatic heterocycles. The lowest BCUT2D eigenvalue weighted by Gasteiger charge is -2.09. The van der Waals surface area contributed by atoms with Crippen LogP contribution in [0.2, 0.25) is 0 Å². The molecule has 3 heteroatoms. The van der Waals surface area contributed by atoms with Crippen LogP contribution in [0.1, 0.15) is 5.56 Å². The van der Waals surface area contributed by atoms with E-state index in [1.54, 1.807) is 6.08 Å². The fourth-order valence-corrected chi connectivity index (χ4v) is 2.57. The van der Waals surface area contributed by atoms with E-state index in [0.29, 0.717) is 6.61 Å². The van der Waals surface area contributed by atoms with Gasteiger partial charge in [0, 0.05) is 4.47 Å². The van der Waals surface area contributed by atoms with Crippen LogP contribution in [0, 0.1) is 6.92 Å². The Morgan fingerprint density at radius 3 is 2.69 bits per heavy atom. The molecule has 1 rings (SSSR count). The molecule has 0 aromatic heterocycles. The molecule has 0 heterocycles. The van der Waals surface area contributed by atoms with Gasteiger partial charge >= 0.3 is 0 Å². The maximum atomic E-state index is 5.49. The summed E-state index contributed by atoms with van der Waals surface area (Å²) in [6.07, 6.45) is 1.73. The first-order valence-corrected chi connectivity index (χ1v) is 5.43. The molecule has 0 unspecified atom stereocenters. The molecule has 70 valence electrons. The summed E-state index contributed by atoms with van der Waals surface area (Å²) in [5, 5.41) is 0. The highest BCUT2D eigenvalue weighted by atomic mass is 79.9. The number of ether oxygens (including phenoxy) is 1. The third-order valence-corrected chi connectivity index (χ3v) is 2.59. The molecule has 0 aliphatic rings. The van der Waals surface area contributed by atoms with Crippen LogP contribution in [0.25, 0.3) is 0 Å². The Hall–Kier alpha value is -0.280. The fraction of sp³-hybridized carbons (Fsp3) is 0.200. The third kappa shape index (κ3) is 2.85. The second-order valence-corrected chi connectivity index (χ2v) is 4.40. The van der Waals surface area contributed by atoms with E-state index >= 15 is 0 Å². The molecule has 0 fully saturated rings. The van der Waals surface area contributed by atoms with Crippen molar-refractivity contribution in [2.75, 3.05) is 6.61 Å². The lowest BCUT2D eigenvalue weighted by Crippen LogP contribution is -1.96. The van der Waals surface area contributed by atoms with Crippen LogP contribution in [0.5, 0.6) is 5.75 Å². The van der Waals surface area contributed by atoms with E-state index in [1.165, 1.54) is 0 Å². The van der Waals surface area contributed by atoms with Gasteiger partial charge in [-0.25, -0.2) is 0 Å². The summed E-state index contributed by atoms with van der Waals surface area (Å²) in [4.78, 5) is 0. The Bertz CT molecular complexity index is 298. The zero-order chi connectivity index (χ0) is 9.84. The van der Waals surface area contributed by atoms with Crippen molar-refractivity contribution in [3.63, 3.8) is 0 Å². The zero-order valence-electron chi connectivity index (χ0n) is 7.31. The lowest BCUT2D eigenvalue weighted by molar-refractivity contribution is 0.358. The van der Waals surface area contributed by atoms with Crippen LogP contribution in [0.3, 0.4) is 0 Å². The number of halogens is 2. The average molecular weight is 306 g/mol. The SMILES string of the molecule is C=CCOc1c(C)cc(Br)cc1Br. The van der Waals surface area contributed by atoms with Gasteiger partial charge in [0.2, 0.25) is 0 Å². The molecule has 0 atom stereocenters. The molecule has 13 heavy (non-hydrogen) atoms. The lowest BCUT2D eigenvalue weighted by atomic mass is 10.2. The summed E-state index contributed by atoms with van der Waals surface area (Å²) in [7, 11) is 0. The Labute approximate surface area is 95.1 Å². The molecule has 0 saturated heterocycles. The average Bonchev–Trinajstić information content (AvgIpc) is 2.02. The first kappa shape index (κ1) is 10.8. The first-order chi connectivity index (χ1) is 6.15. The van der Waals surface area contributed by atoms with Crippen molar-refractivity contribution in [1.82, 2.24) is 0 Å². The molecule has 1 aromatic carbocycles. The molecular weight excluding hydrogens is 296 g/mol. The molecule has 0 bridgehead atoms. The van der Waals surface area contributed by atoms with Crippen molar-refractivity contribution in [1.29, 1.82) is 0 Å². The molecular formula is C10H10Br2O. The van der Waals surface area contributed by atoms with Crippen LogP contribution >= 0.6 is 31.9 Å². The van der Waals surface area contributed by atoms with Crippen molar-refractivity contribution in [2.45, 2.75) is 6.92 Å². The van der Waals surface area contributed by atoms with Gasteiger partial charge < -0.3 is 4.74 Å². The summed E-state index contributed by atoms with van der Waals surface area (Å²) >= 11 is 6.85. The maximum absolute atomic E-state index is 5.49. The molecule has 0 radical (unpaired) electrons. The first-order valence-electron chi connectivity index (χ1n) is 3.84. The third-order valence-electron chi connectivity index (χ3n) is 1.54.